The van der Waals surface area contributed by atoms with E-state index in [1.165, 1.54) is 12.1 Å². The summed E-state index contributed by atoms with van der Waals surface area (Å²) in [6, 6.07) is 8.44. The second-order valence-electron chi connectivity index (χ2n) is 4.90. The van der Waals surface area contributed by atoms with E-state index in [1.807, 2.05) is 32.0 Å². The summed E-state index contributed by atoms with van der Waals surface area (Å²) in [5.41, 5.74) is 2.21. The van der Waals surface area contributed by atoms with Crippen LogP contribution in [0.1, 0.15) is 32.2 Å². The smallest absolute Gasteiger partial charge is 0.371 e. The number of aryl methyl sites for hydroxylation is 2. The number of aromatic carboxylic acids is 1. The van der Waals surface area contributed by atoms with Crippen LogP contribution in [-0.2, 0) is 0 Å². The fourth-order valence-corrected chi connectivity index (χ4v) is 2.01. The Morgan fingerprint density at radius 3 is 2.36 bits per heavy atom. The molecule has 2 N–H and O–H groups in total. The highest BCUT2D eigenvalue weighted by Gasteiger charge is 2.14. The highest BCUT2D eigenvalue weighted by atomic mass is 16.5. The molecular formula is C16H17NO5. The zero-order valence-corrected chi connectivity index (χ0v) is 12.4. The average Bonchev–Trinajstić information content (AvgIpc) is 2.92. The number of furan rings is 1. The van der Waals surface area contributed by atoms with Crippen molar-refractivity contribution in [3.05, 3.63) is 53.0 Å². The molecule has 1 aromatic carbocycles. The Hall–Kier alpha value is -2.76. The van der Waals surface area contributed by atoms with Crippen LogP contribution in [0.5, 0.6) is 5.75 Å². The molecular weight excluding hydrogens is 286 g/mol. The van der Waals surface area contributed by atoms with Gasteiger partial charge in [-0.25, -0.2) is 4.79 Å². The molecule has 0 spiro atoms. The standard InChI is InChI=1S/C16H17NO5/c1-10-7-11(2)9-12(8-10)21-6-5-17-15(18)13-3-4-14(22-13)16(19)20/h3-4,7-9H,5-6H2,1-2H3,(H,17,18)(H,19,20). The van der Waals surface area contributed by atoms with Gasteiger partial charge in [0.2, 0.25) is 5.76 Å². The third-order valence-corrected chi connectivity index (χ3v) is 2.89. The normalized spacial score (nSPS) is 10.3. The largest absolute Gasteiger partial charge is 0.492 e. The van der Waals surface area contributed by atoms with Crippen molar-refractivity contribution in [2.24, 2.45) is 0 Å². The number of carboxylic acids is 1. The molecule has 2 rings (SSSR count). The minimum Gasteiger partial charge on any atom is -0.492 e. The lowest BCUT2D eigenvalue weighted by Gasteiger charge is -2.08. The number of nitrogens with one attached hydrogen (secondary N) is 1. The third kappa shape index (κ3) is 4.12. The second kappa shape index (κ2) is 6.80. The minimum atomic E-state index is -1.21. The summed E-state index contributed by atoms with van der Waals surface area (Å²) in [7, 11) is 0. The van der Waals surface area contributed by atoms with Crippen LogP contribution in [0.3, 0.4) is 0 Å². The molecule has 0 bridgehead atoms. The number of ether oxygens (including phenoxy) is 1. The lowest BCUT2D eigenvalue weighted by atomic mass is 10.1. The molecule has 2 aromatic rings. The van der Waals surface area contributed by atoms with Crippen LogP contribution in [-0.4, -0.2) is 30.1 Å². The van der Waals surface area contributed by atoms with Crippen molar-refractivity contribution in [1.82, 2.24) is 5.32 Å². The van der Waals surface area contributed by atoms with E-state index < -0.39 is 11.9 Å². The molecule has 116 valence electrons. The van der Waals surface area contributed by atoms with Gasteiger partial charge in [0.1, 0.15) is 12.4 Å². The van der Waals surface area contributed by atoms with E-state index in [0.717, 1.165) is 16.9 Å². The zero-order valence-electron chi connectivity index (χ0n) is 12.4. The van der Waals surface area contributed by atoms with Crippen molar-refractivity contribution in [1.29, 1.82) is 0 Å². The second-order valence-corrected chi connectivity index (χ2v) is 4.90. The van der Waals surface area contributed by atoms with Gasteiger partial charge in [-0.15, -0.1) is 0 Å². The number of hydrogen-bond donors (Lipinski definition) is 2. The zero-order chi connectivity index (χ0) is 16.1. The Bertz CT molecular complexity index is 669. The van der Waals surface area contributed by atoms with E-state index in [-0.39, 0.29) is 18.1 Å². The molecule has 1 heterocycles. The predicted molar refractivity (Wildman–Crippen MR) is 79.4 cm³/mol. The molecule has 1 aromatic heterocycles. The summed E-state index contributed by atoms with van der Waals surface area (Å²) in [5.74, 6) is -1.24. The highest BCUT2D eigenvalue weighted by Crippen LogP contribution is 2.15. The Labute approximate surface area is 127 Å². The van der Waals surface area contributed by atoms with E-state index >= 15 is 0 Å². The Morgan fingerprint density at radius 1 is 1.14 bits per heavy atom. The summed E-state index contributed by atoms with van der Waals surface area (Å²) in [6.07, 6.45) is 0. The lowest BCUT2D eigenvalue weighted by molar-refractivity contribution is 0.0659. The van der Waals surface area contributed by atoms with Crippen LogP contribution in [0, 0.1) is 13.8 Å². The first kappa shape index (κ1) is 15.6. The van der Waals surface area contributed by atoms with Gasteiger partial charge in [-0.3, -0.25) is 4.79 Å². The average molecular weight is 303 g/mol. The van der Waals surface area contributed by atoms with Gasteiger partial charge in [-0.1, -0.05) is 6.07 Å². The van der Waals surface area contributed by atoms with Crippen molar-refractivity contribution in [2.75, 3.05) is 13.2 Å². The number of benzene rings is 1. The first-order valence-electron chi connectivity index (χ1n) is 6.78. The number of carbonyl (C=O) groups excluding carboxylic acids is 1. The monoisotopic (exact) mass is 303 g/mol. The first-order valence-corrected chi connectivity index (χ1v) is 6.78. The molecule has 0 aliphatic heterocycles. The van der Waals surface area contributed by atoms with Gasteiger partial charge in [0.15, 0.2) is 5.76 Å². The lowest BCUT2D eigenvalue weighted by Crippen LogP contribution is -2.27. The maximum Gasteiger partial charge on any atom is 0.371 e. The first-order chi connectivity index (χ1) is 10.5. The molecule has 22 heavy (non-hydrogen) atoms. The summed E-state index contributed by atoms with van der Waals surface area (Å²) in [4.78, 5) is 22.4. The maximum absolute atomic E-state index is 11.7. The summed E-state index contributed by atoms with van der Waals surface area (Å²) in [5, 5.41) is 11.3. The van der Waals surface area contributed by atoms with E-state index in [9.17, 15) is 9.59 Å². The molecule has 0 fully saturated rings. The molecule has 0 aliphatic carbocycles. The molecule has 0 radical (unpaired) electrons. The Kier molecular flexibility index (Phi) is 4.83. The van der Waals surface area contributed by atoms with Crippen LogP contribution in [0.2, 0.25) is 0 Å². The van der Waals surface area contributed by atoms with Crippen molar-refractivity contribution in [3.8, 4) is 5.75 Å². The van der Waals surface area contributed by atoms with Gasteiger partial charge in [0.25, 0.3) is 5.91 Å². The van der Waals surface area contributed by atoms with E-state index in [2.05, 4.69) is 5.32 Å². The topological polar surface area (TPSA) is 88.8 Å². The fraction of sp³-hybridized carbons (Fsp3) is 0.250. The van der Waals surface area contributed by atoms with Crippen molar-refractivity contribution >= 4 is 11.9 Å². The highest BCUT2D eigenvalue weighted by molar-refractivity contribution is 5.93. The van der Waals surface area contributed by atoms with Gasteiger partial charge in [-0.05, 0) is 49.2 Å². The molecule has 6 nitrogen and oxygen atoms in total. The third-order valence-electron chi connectivity index (χ3n) is 2.89. The quantitative estimate of drug-likeness (QED) is 0.800. The van der Waals surface area contributed by atoms with Crippen molar-refractivity contribution in [3.63, 3.8) is 0 Å². The van der Waals surface area contributed by atoms with Gasteiger partial charge in [0, 0.05) is 0 Å². The van der Waals surface area contributed by atoms with Gasteiger partial charge >= 0.3 is 5.97 Å². The van der Waals surface area contributed by atoms with Crippen LogP contribution in [0.15, 0.2) is 34.7 Å². The molecule has 0 unspecified atom stereocenters. The maximum atomic E-state index is 11.7. The van der Waals surface area contributed by atoms with Crippen molar-refractivity contribution in [2.45, 2.75) is 13.8 Å². The molecule has 0 saturated heterocycles. The van der Waals surface area contributed by atoms with Crippen LogP contribution < -0.4 is 10.1 Å². The SMILES string of the molecule is Cc1cc(C)cc(OCCNC(=O)c2ccc(C(=O)O)o2)c1. The number of hydrogen-bond acceptors (Lipinski definition) is 4. The van der Waals surface area contributed by atoms with Crippen LogP contribution in [0.25, 0.3) is 0 Å². The fourth-order valence-electron chi connectivity index (χ4n) is 2.01. The van der Waals surface area contributed by atoms with E-state index in [0.29, 0.717) is 6.61 Å². The number of carbonyl (C=O) groups is 2. The van der Waals surface area contributed by atoms with E-state index in [1.54, 1.807) is 0 Å². The number of rotatable bonds is 6. The molecule has 0 atom stereocenters. The predicted octanol–water partition coefficient (Wildman–Crippen LogP) is 2.40. The minimum absolute atomic E-state index is 0.0381. The number of amides is 1. The Morgan fingerprint density at radius 2 is 1.77 bits per heavy atom. The summed E-state index contributed by atoms with van der Waals surface area (Å²) in [6.45, 7) is 4.56. The number of carboxylic acid groups (broad SMARTS) is 1. The molecule has 0 aliphatic rings. The summed E-state index contributed by atoms with van der Waals surface area (Å²) < 4.78 is 10.5. The van der Waals surface area contributed by atoms with Crippen LogP contribution in [0.4, 0.5) is 0 Å². The van der Waals surface area contributed by atoms with E-state index in [4.69, 9.17) is 14.3 Å². The molecule has 6 heteroatoms. The molecule has 0 saturated carbocycles. The van der Waals surface area contributed by atoms with Crippen molar-refractivity contribution < 1.29 is 23.8 Å². The van der Waals surface area contributed by atoms with Crippen LogP contribution >= 0.6 is 0 Å². The summed E-state index contributed by atoms with van der Waals surface area (Å²) >= 11 is 0. The molecule has 1 amide bonds. The Balaban J connectivity index is 1.80. The van der Waals surface area contributed by atoms with Gasteiger partial charge in [0.05, 0.1) is 6.54 Å². The van der Waals surface area contributed by atoms with Gasteiger partial charge < -0.3 is 19.6 Å². The van der Waals surface area contributed by atoms with Gasteiger partial charge in [-0.2, -0.15) is 0 Å².